The summed E-state index contributed by atoms with van der Waals surface area (Å²) in [6.07, 6.45) is 12.8. The lowest BCUT2D eigenvalue weighted by Crippen LogP contribution is -2.32. The molecule has 4 rings (SSSR count). The number of unbranched alkanes of at least 4 members (excludes halogenated alkanes) is 4. The van der Waals surface area contributed by atoms with Crippen LogP contribution in [0, 0.1) is 27.7 Å². The van der Waals surface area contributed by atoms with Crippen molar-refractivity contribution in [3.8, 4) is 0 Å². The number of rotatable bonds is 9. The molecule has 0 bridgehead atoms. The van der Waals surface area contributed by atoms with Gasteiger partial charge in [0.25, 0.3) is 0 Å². The molecule has 2 aliphatic rings. The number of aromatic nitrogens is 2. The second-order valence-electron chi connectivity index (χ2n) is 10.1. The van der Waals surface area contributed by atoms with Crippen LogP contribution in [0.4, 0.5) is 17.5 Å². The highest BCUT2D eigenvalue weighted by molar-refractivity contribution is 5.69. The minimum absolute atomic E-state index is 0.497. The molecule has 0 amide bonds. The number of anilines is 3. The average Bonchev–Trinajstić information content (AvgIpc) is 3.41. The molecule has 4 nitrogen and oxygen atoms in total. The van der Waals surface area contributed by atoms with Crippen molar-refractivity contribution in [2.24, 2.45) is 0 Å². The molecule has 32 heavy (non-hydrogen) atoms. The normalized spacial score (nSPS) is 16.1. The highest BCUT2D eigenvalue weighted by Gasteiger charge is 2.31. The van der Waals surface area contributed by atoms with E-state index in [0.717, 1.165) is 25.5 Å². The summed E-state index contributed by atoms with van der Waals surface area (Å²) in [6.45, 7) is 13.4. The van der Waals surface area contributed by atoms with Gasteiger partial charge in [0.1, 0.15) is 5.82 Å². The Labute approximate surface area is 195 Å². The van der Waals surface area contributed by atoms with Crippen LogP contribution in [0.1, 0.15) is 92.7 Å². The van der Waals surface area contributed by atoms with E-state index in [2.05, 4.69) is 56.6 Å². The van der Waals surface area contributed by atoms with Gasteiger partial charge in [0.2, 0.25) is 5.95 Å². The maximum absolute atomic E-state index is 5.28. The van der Waals surface area contributed by atoms with Crippen molar-refractivity contribution in [1.29, 1.82) is 0 Å². The lowest BCUT2D eigenvalue weighted by atomic mass is 10.0. The summed E-state index contributed by atoms with van der Waals surface area (Å²) >= 11 is 0. The lowest BCUT2D eigenvalue weighted by Gasteiger charge is -2.33. The molecule has 174 valence electrons. The number of fused-ring (bicyclic) bond motifs is 1. The third-order valence-electron chi connectivity index (χ3n) is 7.42. The van der Waals surface area contributed by atoms with E-state index in [4.69, 9.17) is 9.97 Å². The summed E-state index contributed by atoms with van der Waals surface area (Å²) < 4.78 is 0. The zero-order valence-corrected chi connectivity index (χ0v) is 21.0. The van der Waals surface area contributed by atoms with Crippen molar-refractivity contribution >= 4 is 17.5 Å². The Morgan fingerprint density at radius 2 is 1.62 bits per heavy atom. The summed E-state index contributed by atoms with van der Waals surface area (Å²) in [5, 5.41) is 0. The predicted octanol–water partition coefficient (Wildman–Crippen LogP) is 7.12. The number of benzene rings is 1. The van der Waals surface area contributed by atoms with Gasteiger partial charge in [0, 0.05) is 36.1 Å². The Kier molecular flexibility index (Phi) is 7.37. The third kappa shape index (κ3) is 4.79. The summed E-state index contributed by atoms with van der Waals surface area (Å²) in [5.74, 6) is 2.12. The Morgan fingerprint density at radius 1 is 0.938 bits per heavy atom. The third-order valence-corrected chi connectivity index (χ3v) is 7.42. The van der Waals surface area contributed by atoms with E-state index in [1.807, 2.05) is 0 Å². The van der Waals surface area contributed by atoms with Crippen LogP contribution in [0.2, 0.25) is 0 Å². The maximum atomic E-state index is 5.28. The fourth-order valence-electron chi connectivity index (χ4n) is 5.87. The molecule has 2 aromatic rings. The fourth-order valence-corrected chi connectivity index (χ4v) is 5.87. The van der Waals surface area contributed by atoms with Gasteiger partial charge in [-0.15, -0.1) is 0 Å². The quantitative estimate of drug-likeness (QED) is 0.393. The highest BCUT2D eigenvalue weighted by Crippen LogP contribution is 2.39. The van der Waals surface area contributed by atoms with E-state index in [-0.39, 0.29) is 0 Å². The van der Waals surface area contributed by atoms with Crippen molar-refractivity contribution in [3.05, 3.63) is 40.1 Å². The van der Waals surface area contributed by atoms with Crippen molar-refractivity contribution < 1.29 is 0 Å². The van der Waals surface area contributed by atoms with Gasteiger partial charge in [0.15, 0.2) is 0 Å². The van der Waals surface area contributed by atoms with E-state index in [1.165, 1.54) is 97.2 Å². The molecule has 0 atom stereocenters. The highest BCUT2D eigenvalue weighted by atomic mass is 15.3. The van der Waals surface area contributed by atoms with Crippen LogP contribution in [0.5, 0.6) is 0 Å². The van der Waals surface area contributed by atoms with Crippen LogP contribution in [0.3, 0.4) is 0 Å². The smallest absolute Gasteiger partial charge is 0.232 e. The van der Waals surface area contributed by atoms with Crippen LogP contribution in [0.25, 0.3) is 0 Å². The molecule has 1 saturated carbocycles. The summed E-state index contributed by atoms with van der Waals surface area (Å²) in [6, 6.07) is 5.12. The fraction of sp³-hybridized carbons (Fsp3) is 0.643. The minimum Gasteiger partial charge on any atom is -0.356 e. The van der Waals surface area contributed by atoms with Crippen LogP contribution in [-0.4, -0.2) is 29.1 Å². The standard InChI is InChI=1S/C28H42N4/c1-6-7-8-9-12-16-31-17-15-25-23(5)29-28(30-27(25)31)32(24-13-10-11-14-24)26-21(3)18-20(2)19-22(26)4/h18-19,24H,6-17H2,1-5H3. The second-order valence-corrected chi connectivity index (χ2v) is 10.1. The van der Waals surface area contributed by atoms with Gasteiger partial charge in [-0.2, -0.15) is 4.98 Å². The SMILES string of the molecule is CCCCCCCN1CCc2c(C)nc(N(c3c(C)cc(C)cc3C)C3CCCC3)nc21. The Balaban J connectivity index is 1.67. The van der Waals surface area contributed by atoms with Crippen molar-refractivity contribution in [2.75, 3.05) is 22.9 Å². The van der Waals surface area contributed by atoms with E-state index >= 15 is 0 Å². The molecule has 0 unspecified atom stereocenters. The van der Waals surface area contributed by atoms with Gasteiger partial charge in [-0.25, -0.2) is 4.98 Å². The topological polar surface area (TPSA) is 32.3 Å². The van der Waals surface area contributed by atoms with Gasteiger partial charge < -0.3 is 9.80 Å². The molecule has 0 spiro atoms. The molecule has 1 fully saturated rings. The van der Waals surface area contributed by atoms with Gasteiger partial charge in [0.05, 0.1) is 0 Å². The second kappa shape index (κ2) is 10.2. The van der Waals surface area contributed by atoms with E-state index < -0.39 is 0 Å². The first-order valence-electron chi connectivity index (χ1n) is 13.0. The molecule has 1 aromatic carbocycles. The van der Waals surface area contributed by atoms with Crippen LogP contribution < -0.4 is 9.80 Å². The van der Waals surface area contributed by atoms with Gasteiger partial charge in [-0.1, -0.05) is 63.1 Å². The molecule has 1 aliphatic carbocycles. The van der Waals surface area contributed by atoms with E-state index in [9.17, 15) is 0 Å². The lowest BCUT2D eigenvalue weighted by molar-refractivity contribution is 0.621. The maximum Gasteiger partial charge on any atom is 0.232 e. The summed E-state index contributed by atoms with van der Waals surface area (Å²) in [4.78, 5) is 15.4. The summed E-state index contributed by atoms with van der Waals surface area (Å²) in [7, 11) is 0. The zero-order valence-electron chi connectivity index (χ0n) is 21.0. The molecule has 4 heteroatoms. The van der Waals surface area contributed by atoms with Gasteiger partial charge >= 0.3 is 0 Å². The number of aryl methyl sites for hydroxylation is 4. The van der Waals surface area contributed by atoms with Crippen LogP contribution >= 0.6 is 0 Å². The van der Waals surface area contributed by atoms with Crippen LogP contribution in [-0.2, 0) is 6.42 Å². The van der Waals surface area contributed by atoms with E-state index in [0.29, 0.717) is 6.04 Å². The molecule has 0 radical (unpaired) electrons. The van der Waals surface area contributed by atoms with Gasteiger partial charge in [-0.3, -0.25) is 0 Å². The molecule has 1 aliphatic heterocycles. The largest absolute Gasteiger partial charge is 0.356 e. The molecule has 0 saturated heterocycles. The van der Waals surface area contributed by atoms with Crippen molar-refractivity contribution in [1.82, 2.24) is 9.97 Å². The molecule has 0 N–H and O–H groups in total. The van der Waals surface area contributed by atoms with Crippen LogP contribution in [0.15, 0.2) is 12.1 Å². The first-order chi connectivity index (χ1) is 15.5. The first kappa shape index (κ1) is 23.1. The Morgan fingerprint density at radius 3 is 2.31 bits per heavy atom. The minimum atomic E-state index is 0.497. The zero-order chi connectivity index (χ0) is 22.7. The number of hydrogen-bond acceptors (Lipinski definition) is 4. The number of nitrogens with zero attached hydrogens (tertiary/aromatic N) is 4. The van der Waals surface area contributed by atoms with Crippen molar-refractivity contribution in [3.63, 3.8) is 0 Å². The predicted molar refractivity (Wildman–Crippen MR) is 136 cm³/mol. The number of hydrogen-bond donors (Lipinski definition) is 0. The molecular formula is C28H42N4. The Hall–Kier alpha value is -2.10. The van der Waals surface area contributed by atoms with E-state index in [1.54, 1.807) is 0 Å². The van der Waals surface area contributed by atoms with Crippen molar-refractivity contribution in [2.45, 2.75) is 105 Å². The van der Waals surface area contributed by atoms with Gasteiger partial charge in [-0.05, 0) is 64.5 Å². The Bertz CT molecular complexity index is 906. The summed E-state index contributed by atoms with van der Waals surface area (Å²) in [5.41, 5.74) is 7.86. The monoisotopic (exact) mass is 434 g/mol. The molecule has 1 aromatic heterocycles. The average molecular weight is 435 g/mol. The first-order valence-corrected chi connectivity index (χ1v) is 13.0. The molecule has 2 heterocycles. The molecular weight excluding hydrogens is 392 g/mol.